The Morgan fingerprint density at radius 2 is 2.00 bits per heavy atom. The van der Waals surface area contributed by atoms with E-state index in [2.05, 4.69) is 9.62 Å². The molecule has 1 fully saturated rings. The number of carboxylic acids is 1. The van der Waals surface area contributed by atoms with Gasteiger partial charge in [0.05, 0.1) is 4.90 Å². The van der Waals surface area contributed by atoms with Crippen LogP contribution in [0.1, 0.15) is 25.7 Å². The fourth-order valence-electron chi connectivity index (χ4n) is 2.63. The van der Waals surface area contributed by atoms with Crippen molar-refractivity contribution in [2.24, 2.45) is 0 Å². The third kappa shape index (κ3) is 5.08. The number of benzene rings is 1. The second-order valence-electron chi connectivity index (χ2n) is 5.57. The second kappa shape index (κ2) is 7.71. The molecule has 0 saturated carbocycles. The molecule has 1 aliphatic heterocycles. The number of carboxylic acid groups (broad SMARTS) is 1. The zero-order valence-electron chi connectivity index (χ0n) is 12.4. The van der Waals surface area contributed by atoms with Crippen molar-refractivity contribution in [2.45, 2.75) is 36.6 Å². The number of sulfonamides is 1. The third-order valence-electron chi connectivity index (χ3n) is 3.76. The number of aliphatic carboxylic acids is 1. The maximum absolute atomic E-state index is 12.2. The molecule has 122 valence electrons. The molecule has 0 aliphatic carbocycles. The van der Waals surface area contributed by atoms with Crippen molar-refractivity contribution in [2.75, 3.05) is 19.6 Å². The van der Waals surface area contributed by atoms with Crippen LogP contribution in [-0.4, -0.2) is 50.1 Å². The first-order chi connectivity index (χ1) is 10.5. The summed E-state index contributed by atoms with van der Waals surface area (Å²) in [4.78, 5) is 12.9. The molecule has 1 atom stereocenters. The van der Waals surface area contributed by atoms with Crippen molar-refractivity contribution in [1.29, 1.82) is 0 Å². The van der Waals surface area contributed by atoms with Crippen LogP contribution in [0, 0.1) is 0 Å². The van der Waals surface area contributed by atoms with Crippen LogP contribution < -0.4 is 4.72 Å². The number of likely N-dealkylation sites (tertiary alicyclic amines) is 1. The molecule has 0 bridgehead atoms. The van der Waals surface area contributed by atoms with Crippen molar-refractivity contribution in [3.63, 3.8) is 0 Å². The molecule has 1 aromatic carbocycles. The Hall–Kier alpha value is -1.44. The molecular formula is C15H22N2O4S. The van der Waals surface area contributed by atoms with Gasteiger partial charge in [0.1, 0.15) is 0 Å². The summed E-state index contributed by atoms with van der Waals surface area (Å²) in [6, 6.07) is 8.29. The quantitative estimate of drug-likeness (QED) is 0.703. The number of unbranched alkanes of at least 4 members (excludes halogenated alkanes) is 1. The van der Waals surface area contributed by atoms with Crippen LogP contribution in [0.2, 0.25) is 0 Å². The molecule has 2 rings (SSSR count). The number of hydrogen-bond donors (Lipinski definition) is 2. The molecule has 0 spiro atoms. The van der Waals surface area contributed by atoms with Gasteiger partial charge in [-0.2, -0.15) is 0 Å². The van der Waals surface area contributed by atoms with Gasteiger partial charge in [-0.15, -0.1) is 0 Å². The summed E-state index contributed by atoms with van der Waals surface area (Å²) in [5, 5.41) is 8.59. The van der Waals surface area contributed by atoms with Crippen LogP contribution in [0.15, 0.2) is 35.2 Å². The molecular weight excluding hydrogens is 304 g/mol. The highest BCUT2D eigenvalue weighted by atomic mass is 32.2. The Labute approximate surface area is 131 Å². The summed E-state index contributed by atoms with van der Waals surface area (Å²) in [5.74, 6) is -0.769. The molecule has 1 unspecified atom stereocenters. The van der Waals surface area contributed by atoms with E-state index in [0.29, 0.717) is 13.0 Å². The summed E-state index contributed by atoms with van der Waals surface area (Å²) < 4.78 is 27.2. The van der Waals surface area contributed by atoms with E-state index in [4.69, 9.17) is 5.11 Å². The van der Waals surface area contributed by atoms with Gasteiger partial charge in [0, 0.05) is 19.0 Å². The van der Waals surface area contributed by atoms with Gasteiger partial charge in [0.25, 0.3) is 0 Å². The molecule has 1 saturated heterocycles. The van der Waals surface area contributed by atoms with Gasteiger partial charge >= 0.3 is 5.97 Å². The molecule has 0 radical (unpaired) electrons. The Kier molecular flexibility index (Phi) is 5.93. The highest BCUT2D eigenvalue weighted by molar-refractivity contribution is 7.89. The van der Waals surface area contributed by atoms with Gasteiger partial charge in [0.2, 0.25) is 10.0 Å². The predicted molar refractivity (Wildman–Crippen MR) is 83.1 cm³/mol. The summed E-state index contributed by atoms with van der Waals surface area (Å²) in [6.45, 7) is 2.34. The SMILES string of the molecule is O=C(O)CCCCN1CCC(NS(=O)(=O)c2ccccc2)C1. The summed E-state index contributed by atoms with van der Waals surface area (Å²) in [5.41, 5.74) is 0. The molecule has 22 heavy (non-hydrogen) atoms. The molecule has 1 aromatic rings. The smallest absolute Gasteiger partial charge is 0.303 e. The largest absolute Gasteiger partial charge is 0.481 e. The summed E-state index contributed by atoms with van der Waals surface area (Å²) in [6.07, 6.45) is 2.46. The van der Waals surface area contributed by atoms with Crippen LogP contribution >= 0.6 is 0 Å². The Morgan fingerprint density at radius 3 is 2.68 bits per heavy atom. The highest BCUT2D eigenvalue weighted by Crippen LogP contribution is 2.14. The standard InChI is InChI=1S/C15H22N2O4S/c18-15(19)8-4-5-10-17-11-9-13(12-17)16-22(20,21)14-6-2-1-3-7-14/h1-3,6-7,13,16H,4-5,8-12H2,(H,18,19). The van der Waals surface area contributed by atoms with Crippen molar-refractivity contribution in [3.8, 4) is 0 Å². The van der Waals surface area contributed by atoms with Crippen molar-refractivity contribution in [3.05, 3.63) is 30.3 Å². The lowest BCUT2D eigenvalue weighted by Crippen LogP contribution is -2.37. The fraction of sp³-hybridized carbons (Fsp3) is 0.533. The zero-order chi connectivity index (χ0) is 16.0. The third-order valence-corrected chi connectivity index (χ3v) is 5.30. The van der Waals surface area contributed by atoms with Crippen LogP contribution in [0.3, 0.4) is 0 Å². The van der Waals surface area contributed by atoms with Crippen molar-refractivity contribution >= 4 is 16.0 Å². The molecule has 1 heterocycles. The van der Waals surface area contributed by atoms with E-state index in [1.54, 1.807) is 30.3 Å². The Morgan fingerprint density at radius 1 is 1.27 bits per heavy atom. The van der Waals surface area contributed by atoms with E-state index in [1.807, 2.05) is 0 Å². The van der Waals surface area contributed by atoms with Gasteiger partial charge in [-0.05, 0) is 44.5 Å². The average Bonchev–Trinajstić information content (AvgIpc) is 2.91. The van der Waals surface area contributed by atoms with Crippen LogP contribution in [0.5, 0.6) is 0 Å². The monoisotopic (exact) mass is 326 g/mol. The van der Waals surface area contributed by atoms with Gasteiger partial charge in [-0.1, -0.05) is 18.2 Å². The number of nitrogens with one attached hydrogen (secondary N) is 1. The van der Waals surface area contributed by atoms with Gasteiger partial charge in [-0.3, -0.25) is 4.79 Å². The van der Waals surface area contributed by atoms with E-state index in [0.717, 1.165) is 25.9 Å². The van der Waals surface area contributed by atoms with Crippen LogP contribution in [0.25, 0.3) is 0 Å². The Balaban J connectivity index is 1.78. The summed E-state index contributed by atoms with van der Waals surface area (Å²) >= 11 is 0. The molecule has 2 N–H and O–H groups in total. The van der Waals surface area contributed by atoms with Crippen molar-refractivity contribution < 1.29 is 18.3 Å². The zero-order valence-corrected chi connectivity index (χ0v) is 13.3. The van der Waals surface area contributed by atoms with E-state index in [-0.39, 0.29) is 17.4 Å². The van der Waals surface area contributed by atoms with Crippen molar-refractivity contribution in [1.82, 2.24) is 9.62 Å². The number of nitrogens with zero attached hydrogens (tertiary/aromatic N) is 1. The summed E-state index contributed by atoms with van der Waals surface area (Å²) in [7, 11) is -3.46. The fourth-order valence-corrected chi connectivity index (χ4v) is 3.91. The lowest BCUT2D eigenvalue weighted by Gasteiger charge is -2.16. The normalized spacial score (nSPS) is 19.4. The molecule has 1 aliphatic rings. The van der Waals surface area contributed by atoms with Gasteiger partial charge in [0.15, 0.2) is 0 Å². The van der Waals surface area contributed by atoms with E-state index in [1.165, 1.54) is 0 Å². The van der Waals surface area contributed by atoms with Crippen LogP contribution in [-0.2, 0) is 14.8 Å². The average molecular weight is 326 g/mol. The maximum atomic E-state index is 12.2. The van der Waals surface area contributed by atoms with E-state index in [9.17, 15) is 13.2 Å². The molecule has 6 nitrogen and oxygen atoms in total. The maximum Gasteiger partial charge on any atom is 0.303 e. The minimum atomic E-state index is -3.46. The van der Waals surface area contributed by atoms with E-state index < -0.39 is 16.0 Å². The topological polar surface area (TPSA) is 86.7 Å². The van der Waals surface area contributed by atoms with E-state index >= 15 is 0 Å². The highest BCUT2D eigenvalue weighted by Gasteiger charge is 2.26. The minimum absolute atomic E-state index is 0.0790. The molecule has 0 amide bonds. The van der Waals surface area contributed by atoms with Crippen LogP contribution in [0.4, 0.5) is 0 Å². The number of hydrogen-bond acceptors (Lipinski definition) is 4. The lowest BCUT2D eigenvalue weighted by molar-refractivity contribution is -0.137. The van der Waals surface area contributed by atoms with Gasteiger partial charge < -0.3 is 10.0 Å². The van der Waals surface area contributed by atoms with Gasteiger partial charge in [-0.25, -0.2) is 13.1 Å². The predicted octanol–water partition coefficient (Wildman–Crippen LogP) is 1.29. The first-order valence-electron chi connectivity index (χ1n) is 7.49. The number of carbonyl (C=O) groups is 1. The number of rotatable bonds is 8. The Bertz CT molecular complexity index is 589. The second-order valence-corrected chi connectivity index (χ2v) is 7.29. The lowest BCUT2D eigenvalue weighted by atomic mass is 10.2. The molecule has 0 aromatic heterocycles. The first-order valence-corrected chi connectivity index (χ1v) is 8.97. The minimum Gasteiger partial charge on any atom is -0.481 e. The molecule has 7 heteroatoms. The first kappa shape index (κ1) is 16.9.